The van der Waals surface area contributed by atoms with Crippen LogP contribution in [0, 0.1) is 6.92 Å². The van der Waals surface area contributed by atoms with Gasteiger partial charge in [-0.15, -0.1) is 0 Å². The SMILES string of the molecule is Cc1cccc2c1C=COC2. The Bertz CT molecular complexity index is 300. The molecular formula is C10H10O. The predicted octanol–water partition coefficient (Wildman–Crippen LogP) is 2.50. The third-order valence-electron chi connectivity index (χ3n) is 1.98. The summed E-state index contributed by atoms with van der Waals surface area (Å²) in [6, 6.07) is 6.29. The van der Waals surface area contributed by atoms with E-state index in [1.165, 1.54) is 16.7 Å². The van der Waals surface area contributed by atoms with Crippen molar-refractivity contribution in [1.29, 1.82) is 0 Å². The first-order valence-electron chi connectivity index (χ1n) is 3.74. The highest BCUT2D eigenvalue weighted by molar-refractivity contribution is 5.58. The van der Waals surface area contributed by atoms with Gasteiger partial charge >= 0.3 is 0 Å². The van der Waals surface area contributed by atoms with Crippen molar-refractivity contribution in [2.45, 2.75) is 13.5 Å². The normalized spacial score (nSPS) is 13.9. The van der Waals surface area contributed by atoms with E-state index in [4.69, 9.17) is 4.74 Å². The van der Waals surface area contributed by atoms with E-state index >= 15 is 0 Å². The fourth-order valence-electron chi connectivity index (χ4n) is 1.36. The van der Waals surface area contributed by atoms with Crippen LogP contribution in [0.3, 0.4) is 0 Å². The van der Waals surface area contributed by atoms with Gasteiger partial charge in [0.2, 0.25) is 0 Å². The number of rotatable bonds is 0. The van der Waals surface area contributed by atoms with Crippen LogP contribution in [0.15, 0.2) is 24.5 Å². The topological polar surface area (TPSA) is 9.23 Å². The smallest absolute Gasteiger partial charge is 0.113 e. The van der Waals surface area contributed by atoms with Crippen LogP contribution in [0.1, 0.15) is 16.7 Å². The third-order valence-corrected chi connectivity index (χ3v) is 1.98. The second-order valence-corrected chi connectivity index (χ2v) is 2.76. The Labute approximate surface area is 66.3 Å². The van der Waals surface area contributed by atoms with E-state index in [0.29, 0.717) is 6.61 Å². The molecule has 1 aliphatic heterocycles. The van der Waals surface area contributed by atoms with Gasteiger partial charge in [-0.2, -0.15) is 0 Å². The van der Waals surface area contributed by atoms with E-state index in [1.54, 1.807) is 6.26 Å². The van der Waals surface area contributed by atoms with E-state index < -0.39 is 0 Å². The first-order valence-corrected chi connectivity index (χ1v) is 3.74. The van der Waals surface area contributed by atoms with Crippen LogP contribution in [0.2, 0.25) is 0 Å². The summed E-state index contributed by atoms with van der Waals surface area (Å²) in [6.45, 7) is 2.84. The maximum absolute atomic E-state index is 5.17. The zero-order valence-corrected chi connectivity index (χ0v) is 6.50. The lowest BCUT2D eigenvalue weighted by molar-refractivity contribution is 0.234. The Kier molecular flexibility index (Phi) is 1.42. The summed E-state index contributed by atoms with van der Waals surface area (Å²) in [5.41, 5.74) is 3.92. The Morgan fingerprint density at radius 1 is 1.36 bits per heavy atom. The van der Waals surface area contributed by atoms with E-state index in [-0.39, 0.29) is 0 Å². The number of hydrogen-bond acceptors (Lipinski definition) is 1. The second kappa shape index (κ2) is 2.42. The molecule has 1 aliphatic rings. The molecule has 1 aromatic rings. The Hall–Kier alpha value is -1.24. The van der Waals surface area contributed by atoms with Crippen LogP contribution in [0.4, 0.5) is 0 Å². The van der Waals surface area contributed by atoms with Crippen molar-refractivity contribution < 1.29 is 4.74 Å². The molecule has 0 amide bonds. The van der Waals surface area contributed by atoms with Gasteiger partial charge < -0.3 is 4.74 Å². The molecule has 56 valence electrons. The van der Waals surface area contributed by atoms with Crippen molar-refractivity contribution in [3.63, 3.8) is 0 Å². The van der Waals surface area contributed by atoms with E-state index in [1.807, 2.05) is 6.08 Å². The van der Waals surface area contributed by atoms with Crippen molar-refractivity contribution in [2.24, 2.45) is 0 Å². The minimum absolute atomic E-state index is 0.716. The Balaban J connectivity index is 2.60. The van der Waals surface area contributed by atoms with Gasteiger partial charge in [0.05, 0.1) is 6.26 Å². The van der Waals surface area contributed by atoms with Crippen molar-refractivity contribution in [2.75, 3.05) is 0 Å². The quantitative estimate of drug-likeness (QED) is 0.546. The summed E-state index contributed by atoms with van der Waals surface area (Å²) < 4.78 is 5.17. The molecule has 2 rings (SSSR count). The Morgan fingerprint density at radius 2 is 2.27 bits per heavy atom. The average Bonchev–Trinajstić information content (AvgIpc) is 2.06. The van der Waals surface area contributed by atoms with Gasteiger partial charge in [0.1, 0.15) is 6.61 Å². The number of ether oxygens (including phenoxy) is 1. The summed E-state index contributed by atoms with van der Waals surface area (Å²) in [5.74, 6) is 0. The van der Waals surface area contributed by atoms with Crippen molar-refractivity contribution in [1.82, 2.24) is 0 Å². The summed E-state index contributed by atoms with van der Waals surface area (Å²) >= 11 is 0. The number of benzene rings is 1. The molecule has 0 aliphatic carbocycles. The molecule has 1 heteroatoms. The molecule has 0 aromatic heterocycles. The van der Waals surface area contributed by atoms with Crippen molar-refractivity contribution in [3.8, 4) is 0 Å². The first-order chi connectivity index (χ1) is 5.38. The van der Waals surface area contributed by atoms with Crippen LogP contribution in [-0.4, -0.2) is 0 Å². The molecule has 0 N–H and O–H groups in total. The molecule has 0 atom stereocenters. The molecule has 11 heavy (non-hydrogen) atoms. The summed E-state index contributed by atoms with van der Waals surface area (Å²) in [5, 5.41) is 0. The molecule has 0 saturated heterocycles. The average molecular weight is 146 g/mol. The van der Waals surface area contributed by atoms with Crippen LogP contribution < -0.4 is 0 Å². The molecule has 0 spiro atoms. The molecule has 1 heterocycles. The summed E-state index contributed by atoms with van der Waals surface area (Å²) in [7, 11) is 0. The van der Waals surface area contributed by atoms with Gasteiger partial charge in [-0.25, -0.2) is 0 Å². The standard InChI is InChI=1S/C10H10O/c1-8-3-2-4-9-7-11-6-5-10(8)9/h2-6H,7H2,1H3. The molecule has 1 nitrogen and oxygen atoms in total. The van der Waals surface area contributed by atoms with Gasteiger partial charge in [-0.1, -0.05) is 18.2 Å². The molecule has 0 bridgehead atoms. The Morgan fingerprint density at radius 3 is 3.09 bits per heavy atom. The summed E-state index contributed by atoms with van der Waals surface area (Å²) in [4.78, 5) is 0. The molecule has 0 radical (unpaired) electrons. The van der Waals surface area contributed by atoms with Gasteiger partial charge in [-0.05, 0) is 29.7 Å². The predicted molar refractivity (Wildman–Crippen MR) is 45.0 cm³/mol. The molecular weight excluding hydrogens is 136 g/mol. The van der Waals surface area contributed by atoms with Gasteiger partial charge in [0.25, 0.3) is 0 Å². The first kappa shape index (κ1) is 6.47. The largest absolute Gasteiger partial charge is 0.496 e. The van der Waals surface area contributed by atoms with Crippen LogP contribution in [-0.2, 0) is 11.3 Å². The number of fused-ring (bicyclic) bond motifs is 1. The monoisotopic (exact) mass is 146 g/mol. The van der Waals surface area contributed by atoms with Crippen LogP contribution >= 0.6 is 0 Å². The lowest BCUT2D eigenvalue weighted by atomic mass is 10.0. The highest BCUT2D eigenvalue weighted by atomic mass is 16.5. The number of hydrogen-bond donors (Lipinski definition) is 0. The van der Waals surface area contributed by atoms with Gasteiger partial charge in [0.15, 0.2) is 0 Å². The fourth-order valence-corrected chi connectivity index (χ4v) is 1.36. The maximum Gasteiger partial charge on any atom is 0.113 e. The number of aryl methyl sites for hydroxylation is 1. The van der Waals surface area contributed by atoms with E-state index in [0.717, 1.165) is 0 Å². The van der Waals surface area contributed by atoms with E-state index in [2.05, 4.69) is 25.1 Å². The lowest BCUT2D eigenvalue weighted by Gasteiger charge is -2.12. The summed E-state index contributed by atoms with van der Waals surface area (Å²) in [6.07, 6.45) is 3.78. The second-order valence-electron chi connectivity index (χ2n) is 2.76. The lowest BCUT2D eigenvalue weighted by Crippen LogP contribution is -1.97. The fraction of sp³-hybridized carbons (Fsp3) is 0.200. The van der Waals surface area contributed by atoms with Crippen LogP contribution in [0.5, 0.6) is 0 Å². The van der Waals surface area contributed by atoms with Gasteiger partial charge in [-0.3, -0.25) is 0 Å². The zero-order chi connectivity index (χ0) is 7.68. The highest BCUT2D eigenvalue weighted by Gasteiger charge is 2.05. The molecule has 0 saturated carbocycles. The third kappa shape index (κ3) is 1.03. The molecule has 1 aromatic carbocycles. The molecule has 0 fully saturated rings. The molecule has 0 unspecified atom stereocenters. The maximum atomic E-state index is 5.17. The highest BCUT2D eigenvalue weighted by Crippen LogP contribution is 2.20. The minimum atomic E-state index is 0.716. The minimum Gasteiger partial charge on any atom is -0.496 e. The van der Waals surface area contributed by atoms with Crippen molar-refractivity contribution in [3.05, 3.63) is 41.2 Å². The van der Waals surface area contributed by atoms with Crippen LogP contribution in [0.25, 0.3) is 6.08 Å². The van der Waals surface area contributed by atoms with Gasteiger partial charge in [0, 0.05) is 0 Å². The van der Waals surface area contributed by atoms with Crippen molar-refractivity contribution >= 4 is 6.08 Å². The van der Waals surface area contributed by atoms with E-state index in [9.17, 15) is 0 Å². The zero-order valence-electron chi connectivity index (χ0n) is 6.50.